The third-order valence-electron chi connectivity index (χ3n) is 4.57. The number of rotatable bonds is 7. The summed E-state index contributed by atoms with van der Waals surface area (Å²) in [6, 6.07) is 11.4. The molecule has 28 heavy (non-hydrogen) atoms. The number of nitrogens with zero attached hydrogens (tertiary/aromatic N) is 1. The molecule has 0 unspecified atom stereocenters. The molecule has 1 saturated heterocycles. The summed E-state index contributed by atoms with van der Waals surface area (Å²) in [5.41, 5.74) is 0.750. The van der Waals surface area contributed by atoms with E-state index in [9.17, 15) is 13.2 Å². The first-order valence-corrected chi connectivity index (χ1v) is 10.5. The molecule has 0 aromatic heterocycles. The first kappa shape index (κ1) is 20.4. The fourth-order valence-corrected chi connectivity index (χ4v) is 4.34. The van der Waals surface area contributed by atoms with E-state index in [1.807, 2.05) is 0 Å². The first-order valence-electron chi connectivity index (χ1n) is 8.61. The summed E-state index contributed by atoms with van der Waals surface area (Å²) in [7, 11) is -0.822. The van der Waals surface area contributed by atoms with Crippen LogP contribution >= 0.6 is 11.6 Å². The van der Waals surface area contributed by atoms with E-state index in [0.29, 0.717) is 23.1 Å². The minimum absolute atomic E-state index is 0.0439. The van der Waals surface area contributed by atoms with Gasteiger partial charge in [0, 0.05) is 36.3 Å². The highest BCUT2D eigenvalue weighted by Gasteiger charge is 2.31. The van der Waals surface area contributed by atoms with Gasteiger partial charge in [0.25, 0.3) is 0 Å². The second kappa shape index (κ2) is 8.38. The van der Waals surface area contributed by atoms with E-state index < -0.39 is 10.0 Å². The van der Waals surface area contributed by atoms with E-state index in [2.05, 4.69) is 4.72 Å². The van der Waals surface area contributed by atoms with Gasteiger partial charge in [0.2, 0.25) is 15.9 Å². The number of amides is 1. The summed E-state index contributed by atoms with van der Waals surface area (Å²) in [5, 5.41) is 0.592. The predicted molar refractivity (Wildman–Crippen MR) is 107 cm³/mol. The van der Waals surface area contributed by atoms with Crippen LogP contribution in [-0.2, 0) is 14.8 Å². The molecule has 150 valence electrons. The van der Waals surface area contributed by atoms with Gasteiger partial charge in [0.05, 0.1) is 19.1 Å². The quantitative estimate of drug-likeness (QED) is 0.738. The molecule has 7 nitrogen and oxygen atoms in total. The zero-order valence-electron chi connectivity index (χ0n) is 15.5. The van der Waals surface area contributed by atoms with Crippen LogP contribution < -0.4 is 19.1 Å². The number of hydrogen-bond donors (Lipinski definition) is 1. The van der Waals surface area contributed by atoms with Crippen LogP contribution in [0.3, 0.4) is 0 Å². The molecular formula is C19H21ClN2O5S. The van der Waals surface area contributed by atoms with Gasteiger partial charge in [-0.2, -0.15) is 0 Å². The zero-order valence-corrected chi connectivity index (χ0v) is 17.1. The number of sulfonamides is 1. The molecule has 1 N–H and O–H groups in total. The Kier molecular flexibility index (Phi) is 6.12. The Morgan fingerprint density at radius 2 is 1.79 bits per heavy atom. The van der Waals surface area contributed by atoms with Crippen molar-refractivity contribution in [1.29, 1.82) is 0 Å². The summed E-state index contributed by atoms with van der Waals surface area (Å²) in [5.74, 6) is 0.604. The summed E-state index contributed by atoms with van der Waals surface area (Å²) >= 11 is 5.89. The lowest BCUT2D eigenvalue weighted by Gasteiger charge is -2.17. The molecule has 3 rings (SSSR count). The summed E-state index contributed by atoms with van der Waals surface area (Å²) in [6.07, 6.45) is 0.275. The number of benzene rings is 2. The van der Waals surface area contributed by atoms with Crippen molar-refractivity contribution in [2.75, 3.05) is 32.2 Å². The van der Waals surface area contributed by atoms with Gasteiger partial charge in [0.1, 0.15) is 0 Å². The highest BCUT2D eigenvalue weighted by molar-refractivity contribution is 7.89. The molecular weight excluding hydrogens is 404 g/mol. The summed E-state index contributed by atoms with van der Waals surface area (Å²) in [4.78, 5) is 14.0. The third kappa shape index (κ3) is 4.40. The van der Waals surface area contributed by atoms with Crippen molar-refractivity contribution in [3.63, 3.8) is 0 Å². The van der Waals surface area contributed by atoms with Crippen molar-refractivity contribution in [3.05, 3.63) is 47.5 Å². The van der Waals surface area contributed by atoms with Gasteiger partial charge in [-0.15, -0.1) is 0 Å². The smallest absolute Gasteiger partial charge is 0.240 e. The maximum Gasteiger partial charge on any atom is 0.240 e. The van der Waals surface area contributed by atoms with Gasteiger partial charge in [0.15, 0.2) is 11.5 Å². The largest absolute Gasteiger partial charge is 0.493 e. The Morgan fingerprint density at radius 1 is 1.11 bits per heavy atom. The highest BCUT2D eigenvalue weighted by Crippen LogP contribution is 2.30. The van der Waals surface area contributed by atoms with Crippen LogP contribution in [0.1, 0.15) is 6.42 Å². The average Bonchev–Trinajstić information content (AvgIpc) is 3.07. The Bertz CT molecular complexity index is 963. The Morgan fingerprint density at radius 3 is 2.43 bits per heavy atom. The molecule has 2 aromatic carbocycles. The molecule has 1 atom stereocenters. The molecule has 0 radical (unpaired) electrons. The minimum atomic E-state index is -3.74. The van der Waals surface area contributed by atoms with Gasteiger partial charge in [-0.1, -0.05) is 11.6 Å². The highest BCUT2D eigenvalue weighted by atomic mass is 35.5. The topological polar surface area (TPSA) is 84.9 Å². The predicted octanol–water partition coefficient (Wildman–Crippen LogP) is 2.69. The fourth-order valence-electron chi connectivity index (χ4n) is 3.08. The monoisotopic (exact) mass is 424 g/mol. The molecule has 1 aliphatic rings. The molecule has 0 aliphatic carbocycles. The van der Waals surface area contributed by atoms with E-state index >= 15 is 0 Å². The van der Waals surface area contributed by atoms with E-state index in [4.69, 9.17) is 21.1 Å². The summed E-state index contributed by atoms with van der Waals surface area (Å²) in [6.45, 7) is 0.599. The van der Waals surface area contributed by atoms with Gasteiger partial charge in [-0.05, 0) is 42.3 Å². The number of ether oxygens (including phenoxy) is 2. The third-order valence-corrected chi connectivity index (χ3v) is 6.24. The van der Waals surface area contributed by atoms with Gasteiger partial charge >= 0.3 is 0 Å². The normalized spacial score (nSPS) is 17.0. The summed E-state index contributed by atoms with van der Waals surface area (Å²) < 4.78 is 38.1. The Hall–Kier alpha value is -2.29. The average molecular weight is 425 g/mol. The molecule has 0 saturated carbocycles. The zero-order chi connectivity index (χ0) is 20.3. The van der Waals surface area contributed by atoms with Gasteiger partial charge in [-0.3, -0.25) is 4.79 Å². The fraction of sp³-hybridized carbons (Fsp3) is 0.316. The van der Waals surface area contributed by atoms with Crippen molar-refractivity contribution in [2.45, 2.75) is 11.3 Å². The molecule has 1 fully saturated rings. The number of nitrogens with one attached hydrogen (secondary N) is 1. The lowest BCUT2D eigenvalue weighted by atomic mass is 10.1. The maximum atomic E-state index is 12.6. The van der Waals surface area contributed by atoms with E-state index in [1.165, 1.54) is 32.4 Å². The molecule has 1 heterocycles. The van der Waals surface area contributed by atoms with Crippen LogP contribution in [0.2, 0.25) is 5.02 Å². The van der Waals surface area contributed by atoms with Crippen LogP contribution in [0.15, 0.2) is 47.4 Å². The molecule has 1 aliphatic heterocycles. The van der Waals surface area contributed by atoms with Gasteiger partial charge in [-0.25, -0.2) is 13.1 Å². The molecule has 1 amide bonds. The molecule has 0 spiro atoms. The molecule has 2 aromatic rings. The van der Waals surface area contributed by atoms with Crippen LogP contribution in [0, 0.1) is 5.92 Å². The molecule has 9 heteroatoms. The molecule has 0 bridgehead atoms. The number of anilines is 1. The van der Waals surface area contributed by atoms with Gasteiger partial charge < -0.3 is 14.4 Å². The SMILES string of the molecule is COc1ccc(S(=O)(=O)NC[C@@H]2CC(=O)N(c3ccc(Cl)cc3)C2)cc1OC. The maximum absolute atomic E-state index is 12.6. The number of carbonyl (C=O) groups excluding carboxylic acids is 1. The van der Waals surface area contributed by atoms with Crippen molar-refractivity contribution in [1.82, 2.24) is 4.72 Å². The van der Waals surface area contributed by atoms with Crippen molar-refractivity contribution in [3.8, 4) is 11.5 Å². The van der Waals surface area contributed by atoms with Crippen molar-refractivity contribution < 1.29 is 22.7 Å². The lowest BCUT2D eigenvalue weighted by molar-refractivity contribution is -0.117. The first-order chi connectivity index (χ1) is 13.3. The lowest BCUT2D eigenvalue weighted by Crippen LogP contribution is -2.31. The van der Waals surface area contributed by atoms with Crippen LogP contribution in [0.4, 0.5) is 5.69 Å². The Balaban J connectivity index is 1.66. The number of halogens is 1. The Labute approximate surface area is 169 Å². The van der Waals surface area contributed by atoms with E-state index in [0.717, 1.165) is 5.69 Å². The van der Waals surface area contributed by atoms with E-state index in [-0.39, 0.29) is 29.7 Å². The van der Waals surface area contributed by atoms with Crippen molar-refractivity contribution in [2.24, 2.45) is 5.92 Å². The minimum Gasteiger partial charge on any atom is -0.493 e. The standard InChI is InChI=1S/C19H21ClN2O5S/c1-26-17-8-7-16(10-18(17)27-2)28(24,25)21-11-13-9-19(23)22(12-13)15-5-3-14(20)4-6-15/h3-8,10,13,21H,9,11-12H2,1-2H3/t13-/m0/s1. The number of carbonyl (C=O) groups is 1. The second-order valence-electron chi connectivity index (χ2n) is 6.42. The van der Waals surface area contributed by atoms with Crippen LogP contribution in [-0.4, -0.2) is 41.6 Å². The second-order valence-corrected chi connectivity index (χ2v) is 8.62. The van der Waals surface area contributed by atoms with Crippen LogP contribution in [0.5, 0.6) is 11.5 Å². The number of hydrogen-bond acceptors (Lipinski definition) is 5. The number of methoxy groups -OCH3 is 2. The van der Waals surface area contributed by atoms with Crippen molar-refractivity contribution >= 4 is 33.2 Å². The van der Waals surface area contributed by atoms with Crippen LogP contribution in [0.25, 0.3) is 0 Å². The van der Waals surface area contributed by atoms with E-state index in [1.54, 1.807) is 29.2 Å².